The van der Waals surface area contributed by atoms with E-state index < -0.39 is 0 Å². The molecule has 1 aromatic rings. The zero-order valence-corrected chi connectivity index (χ0v) is 12.1. The SMILES string of the molecule is CCCC(C)N1CC(C)(Oc2ccc(C)cc2)C1. The van der Waals surface area contributed by atoms with Gasteiger partial charge in [-0.25, -0.2) is 0 Å². The Balaban J connectivity index is 1.86. The van der Waals surface area contributed by atoms with E-state index in [4.69, 9.17) is 4.74 Å². The minimum Gasteiger partial charge on any atom is -0.485 e. The third-order valence-corrected chi connectivity index (χ3v) is 3.79. The van der Waals surface area contributed by atoms with Gasteiger partial charge in [-0.05, 0) is 39.3 Å². The van der Waals surface area contributed by atoms with Crippen molar-refractivity contribution in [3.63, 3.8) is 0 Å². The standard InChI is InChI=1S/C16H25NO/c1-5-6-14(3)17-11-16(4,12-17)18-15-9-7-13(2)8-10-15/h7-10,14H,5-6,11-12H2,1-4H3. The van der Waals surface area contributed by atoms with Gasteiger partial charge in [-0.1, -0.05) is 31.0 Å². The van der Waals surface area contributed by atoms with Gasteiger partial charge in [0.05, 0.1) is 0 Å². The van der Waals surface area contributed by atoms with E-state index in [-0.39, 0.29) is 5.60 Å². The molecule has 0 aromatic heterocycles. The molecule has 0 saturated carbocycles. The molecule has 1 saturated heterocycles. The van der Waals surface area contributed by atoms with Crippen LogP contribution in [0.5, 0.6) is 5.75 Å². The molecule has 1 atom stereocenters. The van der Waals surface area contributed by atoms with Gasteiger partial charge >= 0.3 is 0 Å². The number of ether oxygens (including phenoxy) is 1. The van der Waals surface area contributed by atoms with Gasteiger partial charge in [0.15, 0.2) is 0 Å². The fraction of sp³-hybridized carbons (Fsp3) is 0.625. The first kappa shape index (κ1) is 13.4. The van der Waals surface area contributed by atoms with Crippen molar-refractivity contribution in [2.24, 2.45) is 0 Å². The number of rotatable bonds is 5. The number of aryl methyl sites for hydroxylation is 1. The van der Waals surface area contributed by atoms with Crippen LogP contribution in [-0.2, 0) is 0 Å². The highest BCUT2D eigenvalue weighted by Gasteiger charge is 2.42. The van der Waals surface area contributed by atoms with Crippen LogP contribution in [0.3, 0.4) is 0 Å². The molecule has 2 heteroatoms. The van der Waals surface area contributed by atoms with Crippen LogP contribution >= 0.6 is 0 Å². The largest absolute Gasteiger partial charge is 0.485 e. The lowest BCUT2D eigenvalue weighted by Crippen LogP contribution is -2.65. The molecular weight excluding hydrogens is 222 g/mol. The van der Waals surface area contributed by atoms with Gasteiger partial charge in [0.25, 0.3) is 0 Å². The zero-order valence-electron chi connectivity index (χ0n) is 12.1. The van der Waals surface area contributed by atoms with Gasteiger partial charge in [-0.3, -0.25) is 4.90 Å². The van der Waals surface area contributed by atoms with Gasteiger partial charge < -0.3 is 4.74 Å². The van der Waals surface area contributed by atoms with Crippen molar-refractivity contribution in [3.05, 3.63) is 29.8 Å². The quantitative estimate of drug-likeness (QED) is 0.787. The highest BCUT2D eigenvalue weighted by atomic mass is 16.5. The molecule has 0 spiro atoms. The molecule has 1 fully saturated rings. The molecule has 1 unspecified atom stereocenters. The first-order valence-corrected chi connectivity index (χ1v) is 7.02. The van der Waals surface area contributed by atoms with E-state index in [0.29, 0.717) is 6.04 Å². The molecular formula is C16H25NO. The number of hydrogen-bond donors (Lipinski definition) is 0. The molecule has 1 aliphatic rings. The van der Waals surface area contributed by atoms with E-state index in [0.717, 1.165) is 18.8 Å². The second-order valence-corrected chi connectivity index (χ2v) is 5.91. The van der Waals surface area contributed by atoms with Crippen molar-refractivity contribution in [1.29, 1.82) is 0 Å². The molecule has 0 aliphatic carbocycles. The summed E-state index contributed by atoms with van der Waals surface area (Å²) in [4.78, 5) is 2.51. The van der Waals surface area contributed by atoms with Crippen LogP contribution in [0.4, 0.5) is 0 Å². The smallest absolute Gasteiger partial charge is 0.131 e. The van der Waals surface area contributed by atoms with E-state index in [1.165, 1.54) is 18.4 Å². The fourth-order valence-corrected chi connectivity index (χ4v) is 2.68. The normalized spacial score (nSPS) is 20.2. The first-order chi connectivity index (χ1) is 8.52. The van der Waals surface area contributed by atoms with Crippen LogP contribution in [0.15, 0.2) is 24.3 Å². The molecule has 2 rings (SSSR count). The van der Waals surface area contributed by atoms with Crippen molar-refractivity contribution >= 4 is 0 Å². The molecule has 18 heavy (non-hydrogen) atoms. The predicted molar refractivity (Wildman–Crippen MR) is 76.2 cm³/mol. The van der Waals surface area contributed by atoms with Crippen molar-refractivity contribution in [2.75, 3.05) is 13.1 Å². The predicted octanol–water partition coefficient (Wildman–Crippen LogP) is 3.64. The molecule has 0 N–H and O–H groups in total. The molecule has 100 valence electrons. The summed E-state index contributed by atoms with van der Waals surface area (Å²) >= 11 is 0. The topological polar surface area (TPSA) is 12.5 Å². The van der Waals surface area contributed by atoms with Crippen LogP contribution in [0.1, 0.15) is 39.2 Å². The summed E-state index contributed by atoms with van der Waals surface area (Å²) in [6.07, 6.45) is 2.54. The fourth-order valence-electron chi connectivity index (χ4n) is 2.68. The van der Waals surface area contributed by atoms with Gasteiger partial charge in [-0.15, -0.1) is 0 Å². The average Bonchev–Trinajstić information content (AvgIpc) is 2.29. The maximum absolute atomic E-state index is 6.11. The van der Waals surface area contributed by atoms with E-state index >= 15 is 0 Å². The summed E-state index contributed by atoms with van der Waals surface area (Å²) in [5.41, 5.74) is 1.27. The minimum atomic E-state index is -0.00272. The highest BCUT2D eigenvalue weighted by Crippen LogP contribution is 2.29. The van der Waals surface area contributed by atoms with E-state index in [9.17, 15) is 0 Å². The Labute approximate surface area is 111 Å². The summed E-state index contributed by atoms with van der Waals surface area (Å²) in [5.74, 6) is 0.992. The van der Waals surface area contributed by atoms with Crippen molar-refractivity contribution in [1.82, 2.24) is 4.90 Å². The highest BCUT2D eigenvalue weighted by molar-refractivity contribution is 5.27. The summed E-state index contributed by atoms with van der Waals surface area (Å²) in [6.45, 7) is 11.0. The van der Waals surface area contributed by atoms with Crippen LogP contribution in [0, 0.1) is 6.92 Å². The number of likely N-dealkylation sites (tertiary alicyclic amines) is 1. The Bertz CT molecular complexity index is 379. The van der Waals surface area contributed by atoms with E-state index in [1.807, 2.05) is 0 Å². The summed E-state index contributed by atoms with van der Waals surface area (Å²) in [6, 6.07) is 9.03. The average molecular weight is 247 g/mol. The molecule has 1 aliphatic heterocycles. The molecule has 0 bridgehead atoms. The Morgan fingerprint density at radius 2 is 1.89 bits per heavy atom. The number of nitrogens with zero attached hydrogens (tertiary/aromatic N) is 1. The lowest BCUT2D eigenvalue weighted by molar-refractivity contribution is -0.0819. The monoisotopic (exact) mass is 247 g/mol. The van der Waals surface area contributed by atoms with Gasteiger partial charge in [0.1, 0.15) is 11.4 Å². The molecule has 2 nitrogen and oxygen atoms in total. The molecule has 1 aromatic carbocycles. The second kappa shape index (κ2) is 5.31. The van der Waals surface area contributed by atoms with Crippen molar-refractivity contribution < 1.29 is 4.74 Å². The number of benzene rings is 1. The minimum absolute atomic E-state index is 0.00272. The van der Waals surface area contributed by atoms with Crippen LogP contribution < -0.4 is 4.74 Å². The lowest BCUT2D eigenvalue weighted by atomic mass is 9.93. The zero-order chi connectivity index (χ0) is 13.2. The van der Waals surface area contributed by atoms with Crippen LogP contribution in [0.2, 0.25) is 0 Å². The maximum Gasteiger partial charge on any atom is 0.131 e. The maximum atomic E-state index is 6.11. The van der Waals surface area contributed by atoms with Crippen molar-refractivity contribution in [3.8, 4) is 5.75 Å². The Kier molecular flexibility index (Phi) is 3.96. The van der Waals surface area contributed by atoms with Crippen molar-refractivity contribution in [2.45, 2.75) is 52.2 Å². The third-order valence-electron chi connectivity index (χ3n) is 3.79. The third kappa shape index (κ3) is 3.05. The van der Waals surface area contributed by atoms with Crippen LogP contribution in [0.25, 0.3) is 0 Å². The molecule has 1 heterocycles. The summed E-state index contributed by atoms with van der Waals surface area (Å²) < 4.78 is 6.11. The first-order valence-electron chi connectivity index (χ1n) is 7.02. The summed E-state index contributed by atoms with van der Waals surface area (Å²) in [5, 5.41) is 0. The Hall–Kier alpha value is -1.02. The Morgan fingerprint density at radius 1 is 1.28 bits per heavy atom. The van der Waals surface area contributed by atoms with E-state index in [1.54, 1.807) is 0 Å². The Morgan fingerprint density at radius 3 is 2.44 bits per heavy atom. The molecule has 0 radical (unpaired) electrons. The second-order valence-electron chi connectivity index (χ2n) is 5.91. The van der Waals surface area contributed by atoms with Gasteiger partial charge in [0.2, 0.25) is 0 Å². The number of hydrogen-bond acceptors (Lipinski definition) is 2. The lowest BCUT2D eigenvalue weighted by Gasteiger charge is -2.50. The van der Waals surface area contributed by atoms with Crippen LogP contribution in [-0.4, -0.2) is 29.6 Å². The van der Waals surface area contributed by atoms with E-state index in [2.05, 4.69) is 56.9 Å². The summed E-state index contributed by atoms with van der Waals surface area (Å²) in [7, 11) is 0. The van der Waals surface area contributed by atoms with Gasteiger partial charge in [-0.2, -0.15) is 0 Å². The molecule has 0 amide bonds. The van der Waals surface area contributed by atoms with Gasteiger partial charge in [0, 0.05) is 19.1 Å².